The molecule has 1 atom stereocenters. The van der Waals surface area contributed by atoms with Crippen LogP contribution in [-0.2, 0) is 4.79 Å². The van der Waals surface area contributed by atoms with Crippen LogP contribution in [0, 0.1) is 12.8 Å². The van der Waals surface area contributed by atoms with Gasteiger partial charge in [0.15, 0.2) is 5.58 Å². The van der Waals surface area contributed by atoms with Gasteiger partial charge in [0.05, 0.1) is 0 Å². The van der Waals surface area contributed by atoms with Crippen molar-refractivity contribution in [1.29, 1.82) is 0 Å². The van der Waals surface area contributed by atoms with Crippen LogP contribution in [0.2, 0.25) is 0 Å². The first-order valence-corrected chi connectivity index (χ1v) is 8.14. The minimum absolute atomic E-state index is 0.0128. The lowest BCUT2D eigenvalue weighted by Gasteiger charge is -2.35. The predicted molar refractivity (Wildman–Crippen MR) is 90.6 cm³/mol. The Hall–Kier alpha value is -2.08. The molecule has 1 aliphatic heterocycles. The van der Waals surface area contributed by atoms with Crippen molar-refractivity contribution in [1.82, 2.24) is 15.2 Å². The van der Waals surface area contributed by atoms with E-state index in [-0.39, 0.29) is 11.8 Å². The van der Waals surface area contributed by atoms with Gasteiger partial charge in [0, 0.05) is 38.6 Å². The first-order valence-electron chi connectivity index (χ1n) is 8.14. The van der Waals surface area contributed by atoms with E-state index in [2.05, 4.69) is 15.2 Å². The van der Waals surface area contributed by atoms with Crippen LogP contribution in [0.4, 0.5) is 6.01 Å². The van der Waals surface area contributed by atoms with Crippen molar-refractivity contribution >= 4 is 23.0 Å². The summed E-state index contributed by atoms with van der Waals surface area (Å²) in [4.78, 5) is 21.0. The van der Waals surface area contributed by atoms with E-state index in [0.29, 0.717) is 25.6 Å². The van der Waals surface area contributed by atoms with Crippen LogP contribution in [0.3, 0.4) is 0 Å². The van der Waals surface area contributed by atoms with Gasteiger partial charge in [-0.15, -0.1) is 0 Å². The van der Waals surface area contributed by atoms with Gasteiger partial charge >= 0.3 is 0 Å². The van der Waals surface area contributed by atoms with Gasteiger partial charge in [-0.2, -0.15) is 4.98 Å². The third-order valence-electron chi connectivity index (χ3n) is 4.33. The van der Waals surface area contributed by atoms with Gasteiger partial charge < -0.3 is 19.5 Å². The average molecular weight is 316 g/mol. The van der Waals surface area contributed by atoms with Crippen molar-refractivity contribution in [2.45, 2.75) is 13.8 Å². The molecule has 1 amide bonds. The van der Waals surface area contributed by atoms with E-state index in [1.807, 2.05) is 44.0 Å². The van der Waals surface area contributed by atoms with E-state index in [1.54, 1.807) is 0 Å². The summed E-state index contributed by atoms with van der Waals surface area (Å²) in [6, 6.07) is 6.67. The number of hydrogen-bond donors (Lipinski definition) is 1. The molecule has 2 aromatic rings. The van der Waals surface area contributed by atoms with Gasteiger partial charge in [-0.05, 0) is 31.7 Å². The molecular formula is C17H24N4O2. The zero-order valence-corrected chi connectivity index (χ0v) is 14.0. The fraction of sp³-hybridized carbons (Fsp3) is 0.529. The first-order chi connectivity index (χ1) is 11.1. The Balaban J connectivity index is 1.65. The molecule has 1 aromatic heterocycles. The summed E-state index contributed by atoms with van der Waals surface area (Å²) >= 11 is 0. The van der Waals surface area contributed by atoms with Crippen LogP contribution < -0.4 is 10.2 Å². The molecular weight excluding hydrogens is 292 g/mol. The second-order valence-corrected chi connectivity index (χ2v) is 6.24. The Kier molecular flexibility index (Phi) is 4.52. The van der Waals surface area contributed by atoms with Crippen LogP contribution >= 0.6 is 0 Å². The molecule has 0 spiro atoms. The average Bonchev–Trinajstić information content (AvgIpc) is 2.97. The van der Waals surface area contributed by atoms with Crippen LogP contribution in [0.1, 0.15) is 12.5 Å². The molecule has 0 saturated carbocycles. The Bertz CT molecular complexity index is 689. The highest BCUT2D eigenvalue weighted by Crippen LogP contribution is 2.23. The summed E-state index contributed by atoms with van der Waals surface area (Å²) in [5.41, 5.74) is 2.87. The number of aromatic nitrogens is 1. The third kappa shape index (κ3) is 3.32. The Morgan fingerprint density at radius 3 is 2.78 bits per heavy atom. The van der Waals surface area contributed by atoms with Gasteiger partial charge in [0.1, 0.15) is 5.52 Å². The van der Waals surface area contributed by atoms with Gasteiger partial charge in [-0.1, -0.05) is 13.0 Å². The molecule has 0 aliphatic carbocycles. The van der Waals surface area contributed by atoms with Crippen molar-refractivity contribution in [2.75, 3.05) is 44.7 Å². The molecule has 2 heterocycles. The lowest BCUT2D eigenvalue weighted by molar-refractivity contribution is -0.135. The molecule has 6 nitrogen and oxygen atoms in total. The Labute approximate surface area is 136 Å². The maximum Gasteiger partial charge on any atom is 0.298 e. The number of anilines is 1. The minimum atomic E-state index is 0.0128. The maximum absolute atomic E-state index is 12.3. The number of nitrogens with one attached hydrogen (secondary N) is 1. The lowest BCUT2D eigenvalue weighted by Crippen LogP contribution is -2.51. The number of rotatable bonds is 4. The number of hydrogen-bond acceptors (Lipinski definition) is 5. The molecule has 1 aliphatic rings. The first kappa shape index (κ1) is 15.8. The number of oxazole rings is 1. The molecule has 0 radical (unpaired) electrons. The van der Waals surface area contributed by atoms with Crippen molar-refractivity contribution in [3.05, 3.63) is 23.8 Å². The number of carbonyl (C=O) groups excluding carboxylic acids is 1. The van der Waals surface area contributed by atoms with E-state index in [0.717, 1.165) is 24.2 Å². The summed E-state index contributed by atoms with van der Waals surface area (Å²) in [6.45, 7) is 7.66. The Morgan fingerprint density at radius 1 is 1.35 bits per heavy atom. The van der Waals surface area contributed by atoms with Gasteiger partial charge in [0.2, 0.25) is 5.91 Å². The summed E-state index contributed by atoms with van der Waals surface area (Å²) in [5.74, 6) is 0.228. The molecule has 1 N–H and O–H groups in total. The molecule has 1 saturated heterocycles. The highest BCUT2D eigenvalue weighted by molar-refractivity contribution is 5.79. The second-order valence-electron chi connectivity index (χ2n) is 6.24. The molecule has 3 rings (SSSR count). The molecule has 124 valence electrons. The predicted octanol–water partition coefficient (Wildman–Crippen LogP) is 1.64. The topological polar surface area (TPSA) is 61.6 Å². The van der Waals surface area contributed by atoms with Crippen LogP contribution in [0.5, 0.6) is 0 Å². The van der Waals surface area contributed by atoms with Crippen molar-refractivity contribution in [3.8, 4) is 0 Å². The molecule has 23 heavy (non-hydrogen) atoms. The van der Waals surface area contributed by atoms with Crippen LogP contribution in [0.15, 0.2) is 22.6 Å². The van der Waals surface area contributed by atoms with Crippen molar-refractivity contribution in [3.63, 3.8) is 0 Å². The van der Waals surface area contributed by atoms with Gasteiger partial charge in [-0.25, -0.2) is 0 Å². The van der Waals surface area contributed by atoms with E-state index < -0.39 is 0 Å². The lowest BCUT2D eigenvalue weighted by atomic mass is 10.1. The summed E-state index contributed by atoms with van der Waals surface area (Å²) in [5, 5.41) is 3.06. The third-order valence-corrected chi connectivity index (χ3v) is 4.33. The Morgan fingerprint density at radius 2 is 2.09 bits per heavy atom. The largest absolute Gasteiger partial charge is 0.423 e. The number of amides is 1. The van der Waals surface area contributed by atoms with Gasteiger partial charge in [-0.3, -0.25) is 4.79 Å². The number of nitrogens with zero attached hydrogens (tertiary/aromatic N) is 3. The normalized spacial score (nSPS) is 16.8. The zero-order valence-electron chi connectivity index (χ0n) is 14.0. The quantitative estimate of drug-likeness (QED) is 0.929. The van der Waals surface area contributed by atoms with Crippen molar-refractivity contribution in [2.24, 2.45) is 5.92 Å². The number of fused-ring (bicyclic) bond motifs is 1. The fourth-order valence-electron chi connectivity index (χ4n) is 2.98. The molecule has 1 fully saturated rings. The molecule has 1 unspecified atom stereocenters. The summed E-state index contributed by atoms with van der Waals surface area (Å²) < 4.78 is 5.85. The fourth-order valence-corrected chi connectivity index (χ4v) is 2.98. The van der Waals surface area contributed by atoms with E-state index in [9.17, 15) is 4.79 Å². The van der Waals surface area contributed by atoms with Crippen LogP contribution in [0.25, 0.3) is 11.1 Å². The highest BCUT2D eigenvalue weighted by atomic mass is 16.4. The SMILES string of the molecule is CNCC(C)C(=O)N1CCN(c2nc3cc(C)ccc3o2)CC1. The molecule has 0 bridgehead atoms. The highest BCUT2D eigenvalue weighted by Gasteiger charge is 2.26. The van der Waals surface area contributed by atoms with Crippen LogP contribution in [-0.4, -0.2) is 55.6 Å². The number of aryl methyl sites for hydroxylation is 1. The minimum Gasteiger partial charge on any atom is -0.423 e. The van der Waals surface area contributed by atoms with E-state index >= 15 is 0 Å². The second kappa shape index (κ2) is 6.58. The van der Waals surface area contributed by atoms with Gasteiger partial charge in [0.25, 0.3) is 6.01 Å². The molecule has 6 heteroatoms. The monoisotopic (exact) mass is 316 g/mol. The zero-order chi connectivity index (χ0) is 16.4. The van der Waals surface area contributed by atoms with E-state index in [4.69, 9.17) is 4.42 Å². The van der Waals surface area contributed by atoms with Crippen molar-refractivity contribution < 1.29 is 9.21 Å². The molecule has 1 aromatic carbocycles. The number of benzene rings is 1. The smallest absolute Gasteiger partial charge is 0.298 e. The maximum atomic E-state index is 12.3. The summed E-state index contributed by atoms with van der Waals surface area (Å²) in [6.07, 6.45) is 0. The standard InChI is InChI=1S/C17H24N4O2/c1-12-4-5-15-14(10-12)19-17(23-15)21-8-6-20(7-9-21)16(22)13(2)11-18-3/h4-5,10,13,18H,6-9,11H2,1-3H3. The number of carbonyl (C=O) groups is 1. The number of piperazine rings is 1. The summed E-state index contributed by atoms with van der Waals surface area (Å²) in [7, 11) is 1.87. The van der Waals surface area contributed by atoms with E-state index in [1.165, 1.54) is 5.56 Å².